The molecule has 2 nitrogen and oxygen atoms in total. The molecule has 0 N–H and O–H groups in total. The molecule has 0 unspecified atom stereocenters. The van der Waals surface area contributed by atoms with Crippen LogP contribution in [0.25, 0.3) is 10.4 Å². The van der Waals surface area contributed by atoms with Gasteiger partial charge in [-0.25, -0.2) is 4.98 Å². The van der Waals surface area contributed by atoms with E-state index in [9.17, 15) is 0 Å². The van der Waals surface area contributed by atoms with Gasteiger partial charge in [0.2, 0.25) is 0 Å². The van der Waals surface area contributed by atoms with Crippen LogP contribution < -0.4 is 0 Å². The maximum atomic E-state index is 5.35. The van der Waals surface area contributed by atoms with Crippen LogP contribution in [-0.2, 0) is 4.74 Å². The van der Waals surface area contributed by atoms with Gasteiger partial charge in [0, 0.05) is 7.11 Å². The van der Waals surface area contributed by atoms with Crippen LogP contribution in [0.1, 0.15) is 29.3 Å². The highest BCUT2D eigenvalue weighted by molar-refractivity contribution is 7.15. The Morgan fingerprint density at radius 3 is 2.65 bits per heavy atom. The standard InChI is InChI=1S/C14H17NOS/c1-9-14(17-11(3)15-9)13-7-5-6-12(8-13)10(2)16-4/h5-8,10H,1-4H3/t10-/m1/s1. The molecule has 1 aromatic carbocycles. The van der Waals surface area contributed by atoms with Crippen LogP contribution in [0.15, 0.2) is 24.3 Å². The van der Waals surface area contributed by atoms with Crippen LogP contribution in [0.4, 0.5) is 0 Å². The fraction of sp³-hybridized carbons (Fsp3) is 0.357. The topological polar surface area (TPSA) is 22.1 Å². The molecule has 0 aliphatic carbocycles. The Kier molecular flexibility index (Phi) is 3.60. The monoisotopic (exact) mass is 247 g/mol. The van der Waals surface area contributed by atoms with Gasteiger partial charge in [-0.2, -0.15) is 0 Å². The van der Waals surface area contributed by atoms with Gasteiger partial charge in [0.25, 0.3) is 0 Å². The quantitative estimate of drug-likeness (QED) is 0.813. The molecule has 17 heavy (non-hydrogen) atoms. The largest absolute Gasteiger partial charge is 0.377 e. The number of hydrogen-bond acceptors (Lipinski definition) is 3. The predicted molar refractivity (Wildman–Crippen MR) is 72.4 cm³/mol. The Morgan fingerprint density at radius 2 is 2.06 bits per heavy atom. The molecule has 0 amide bonds. The van der Waals surface area contributed by atoms with Gasteiger partial charge in [-0.15, -0.1) is 11.3 Å². The van der Waals surface area contributed by atoms with Crippen molar-refractivity contribution in [1.29, 1.82) is 0 Å². The SMILES string of the molecule is CO[C@H](C)c1cccc(-c2sc(C)nc2C)c1. The van der Waals surface area contributed by atoms with Crippen LogP contribution in [0.2, 0.25) is 0 Å². The lowest BCUT2D eigenvalue weighted by molar-refractivity contribution is 0.119. The lowest BCUT2D eigenvalue weighted by Crippen LogP contribution is -1.95. The van der Waals surface area contributed by atoms with Crippen LogP contribution in [0, 0.1) is 13.8 Å². The summed E-state index contributed by atoms with van der Waals surface area (Å²) in [5.74, 6) is 0. The minimum Gasteiger partial charge on any atom is -0.377 e. The van der Waals surface area contributed by atoms with Crippen molar-refractivity contribution in [2.75, 3.05) is 7.11 Å². The maximum Gasteiger partial charge on any atom is 0.0903 e. The third-order valence-corrected chi connectivity index (χ3v) is 4.00. The molecule has 1 aromatic heterocycles. The number of benzene rings is 1. The van der Waals surface area contributed by atoms with E-state index in [1.165, 1.54) is 16.0 Å². The van der Waals surface area contributed by atoms with Crippen LogP contribution in [0.3, 0.4) is 0 Å². The summed E-state index contributed by atoms with van der Waals surface area (Å²) in [5.41, 5.74) is 3.54. The van der Waals surface area contributed by atoms with Gasteiger partial charge in [-0.3, -0.25) is 0 Å². The van der Waals surface area contributed by atoms with Crippen molar-refractivity contribution >= 4 is 11.3 Å². The summed E-state index contributed by atoms with van der Waals surface area (Å²) in [6, 6.07) is 8.50. The minimum atomic E-state index is 0.129. The van der Waals surface area contributed by atoms with E-state index in [4.69, 9.17) is 4.74 Å². The Bertz CT molecular complexity index is 519. The highest BCUT2D eigenvalue weighted by Gasteiger charge is 2.10. The first kappa shape index (κ1) is 12.3. The first-order valence-corrected chi connectivity index (χ1v) is 6.50. The van der Waals surface area contributed by atoms with Gasteiger partial charge in [-0.05, 0) is 38.0 Å². The van der Waals surface area contributed by atoms with E-state index in [0.29, 0.717) is 0 Å². The number of aryl methyl sites for hydroxylation is 2. The molecule has 2 rings (SSSR count). The molecule has 0 radical (unpaired) electrons. The Labute approximate surface area is 106 Å². The molecule has 0 fully saturated rings. The lowest BCUT2D eigenvalue weighted by Gasteiger charge is -2.10. The number of methoxy groups -OCH3 is 1. The zero-order valence-corrected chi connectivity index (χ0v) is 11.5. The minimum absolute atomic E-state index is 0.129. The van der Waals surface area contributed by atoms with Crippen molar-refractivity contribution in [2.45, 2.75) is 26.9 Å². The summed E-state index contributed by atoms with van der Waals surface area (Å²) in [6.07, 6.45) is 0.129. The van der Waals surface area contributed by atoms with Crippen molar-refractivity contribution in [3.63, 3.8) is 0 Å². The van der Waals surface area contributed by atoms with Crippen LogP contribution in [-0.4, -0.2) is 12.1 Å². The third-order valence-electron chi connectivity index (χ3n) is 2.88. The summed E-state index contributed by atoms with van der Waals surface area (Å²) in [6.45, 7) is 6.16. The Balaban J connectivity index is 2.43. The third kappa shape index (κ3) is 2.56. The molecule has 0 aliphatic rings. The molecule has 0 saturated heterocycles. The van der Waals surface area contributed by atoms with Gasteiger partial charge in [0.15, 0.2) is 0 Å². The summed E-state index contributed by atoms with van der Waals surface area (Å²) in [4.78, 5) is 5.73. The molecule has 2 aromatic rings. The van der Waals surface area contributed by atoms with E-state index in [-0.39, 0.29) is 6.10 Å². The Hall–Kier alpha value is -1.19. The molecule has 0 spiro atoms. The first-order chi connectivity index (χ1) is 8.11. The second-order valence-corrected chi connectivity index (χ2v) is 5.35. The lowest BCUT2D eigenvalue weighted by atomic mass is 10.1. The molecule has 0 saturated carbocycles. The zero-order valence-electron chi connectivity index (χ0n) is 10.7. The molecule has 0 bridgehead atoms. The summed E-state index contributed by atoms with van der Waals surface area (Å²) in [7, 11) is 1.74. The van der Waals surface area contributed by atoms with Crippen molar-refractivity contribution in [3.8, 4) is 10.4 Å². The van der Waals surface area contributed by atoms with E-state index in [1.807, 2.05) is 6.92 Å². The second kappa shape index (κ2) is 4.98. The van der Waals surface area contributed by atoms with Gasteiger partial charge in [0.1, 0.15) is 0 Å². The van der Waals surface area contributed by atoms with Gasteiger partial charge >= 0.3 is 0 Å². The van der Waals surface area contributed by atoms with Gasteiger partial charge in [-0.1, -0.05) is 18.2 Å². The number of ether oxygens (including phenoxy) is 1. The molecule has 1 heterocycles. The number of thiazole rings is 1. The van der Waals surface area contributed by atoms with Crippen LogP contribution >= 0.6 is 11.3 Å². The van der Waals surface area contributed by atoms with E-state index in [2.05, 4.69) is 43.1 Å². The van der Waals surface area contributed by atoms with E-state index < -0.39 is 0 Å². The number of aromatic nitrogens is 1. The second-order valence-electron chi connectivity index (χ2n) is 4.15. The zero-order chi connectivity index (χ0) is 12.4. The summed E-state index contributed by atoms with van der Waals surface area (Å²) < 4.78 is 5.35. The predicted octanol–water partition coefficient (Wildman–Crippen LogP) is 4.13. The van der Waals surface area contributed by atoms with Crippen molar-refractivity contribution in [3.05, 3.63) is 40.5 Å². The van der Waals surface area contributed by atoms with Gasteiger partial charge in [0.05, 0.1) is 21.7 Å². The van der Waals surface area contributed by atoms with Gasteiger partial charge < -0.3 is 4.74 Å². The highest BCUT2D eigenvalue weighted by Crippen LogP contribution is 2.31. The molecular formula is C14H17NOS. The Morgan fingerprint density at radius 1 is 1.29 bits per heavy atom. The molecule has 3 heteroatoms. The van der Waals surface area contributed by atoms with Crippen molar-refractivity contribution in [2.24, 2.45) is 0 Å². The molecular weight excluding hydrogens is 230 g/mol. The smallest absolute Gasteiger partial charge is 0.0903 e. The molecule has 0 aliphatic heterocycles. The summed E-state index contributed by atoms with van der Waals surface area (Å²) in [5, 5.41) is 1.11. The highest BCUT2D eigenvalue weighted by atomic mass is 32.1. The van der Waals surface area contributed by atoms with Crippen LogP contribution in [0.5, 0.6) is 0 Å². The van der Waals surface area contributed by atoms with Crippen molar-refractivity contribution in [1.82, 2.24) is 4.98 Å². The summed E-state index contributed by atoms with van der Waals surface area (Å²) >= 11 is 1.74. The fourth-order valence-electron chi connectivity index (χ4n) is 1.87. The van der Waals surface area contributed by atoms with E-state index in [1.54, 1.807) is 18.4 Å². The molecule has 1 atom stereocenters. The normalized spacial score (nSPS) is 12.7. The fourth-order valence-corrected chi connectivity index (χ4v) is 2.78. The van der Waals surface area contributed by atoms with E-state index >= 15 is 0 Å². The van der Waals surface area contributed by atoms with Crippen molar-refractivity contribution < 1.29 is 4.74 Å². The average molecular weight is 247 g/mol. The van der Waals surface area contributed by atoms with E-state index in [0.717, 1.165) is 10.7 Å². The average Bonchev–Trinajstić information content (AvgIpc) is 2.67. The first-order valence-electron chi connectivity index (χ1n) is 5.69. The number of rotatable bonds is 3. The number of hydrogen-bond donors (Lipinski definition) is 0. The molecule has 90 valence electrons. The maximum absolute atomic E-state index is 5.35. The number of nitrogens with zero attached hydrogens (tertiary/aromatic N) is 1.